The molecule has 0 fully saturated rings. The summed E-state index contributed by atoms with van der Waals surface area (Å²) in [5.41, 5.74) is 0. The van der Waals surface area contributed by atoms with Gasteiger partial charge in [-0.3, -0.25) is 0 Å². The van der Waals surface area contributed by atoms with Crippen molar-refractivity contribution in [1.82, 2.24) is 4.90 Å². The first-order chi connectivity index (χ1) is 5.22. The first-order valence-electron chi connectivity index (χ1n) is 3.66. The normalized spacial score (nSPS) is 9.36. The Bertz CT molecular complexity index is 119. The number of ether oxygens (including phenoxy) is 1. The van der Waals surface area contributed by atoms with Gasteiger partial charge in [0.2, 0.25) is 0 Å². The van der Waals surface area contributed by atoms with Crippen LogP contribution < -0.4 is 0 Å². The van der Waals surface area contributed by atoms with E-state index in [-0.39, 0.29) is 6.09 Å². The van der Waals surface area contributed by atoms with Crippen LogP contribution in [0.2, 0.25) is 0 Å². The molecular formula is C7H14BrNO2. The van der Waals surface area contributed by atoms with Crippen molar-refractivity contribution in [3.63, 3.8) is 0 Å². The first-order valence-corrected chi connectivity index (χ1v) is 4.78. The van der Waals surface area contributed by atoms with E-state index in [0.29, 0.717) is 6.61 Å². The Balaban J connectivity index is 3.46. The molecule has 0 aromatic carbocycles. The zero-order valence-corrected chi connectivity index (χ0v) is 8.56. The molecule has 0 N–H and O–H groups in total. The Kier molecular flexibility index (Phi) is 6.31. The third kappa shape index (κ3) is 5.07. The lowest BCUT2D eigenvalue weighted by molar-refractivity contribution is 0.116. The Morgan fingerprint density at radius 2 is 2.27 bits per heavy atom. The number of alkyl halides is 1. The average Bonchev–Trinajstić information content (AvgIpc) is 2.00. The molecular weight excluding hydrogens is 210 g/mol. The van der Waals surface area contributed by atoms with Gasteiger partial charge in [0.1, 0.15) is 0 Å². The fourth-order valence-electron chi connectivity index (χ4n) is 0.622. The molecule has 0 atom stereocenters. The predicted molar refractivity (Wildman–Crippen MR) is 48.1 cm³/mol. The molecule has 1 amide bonds. The number of hydrogen-bond acceptors (Lipinski definition) is 2. The van der Waals surface area contributed by atoms with Crippen LogP contribution in [0.3, 0.4) is 0 Å². The van der Waals surface area contributed by atoms with E-state index in [1.54, 1.807) is 18.9 Å². The van der Waals surface area contributed by atoms with Crippen molar-refractivity contribution in [1.29, 1.82) is 0 Å². The zero-order chi connectivity index (χ0) is 8.69. The number of carbonyl (C=O) groups excluding carboxylic acids is 1. The molecule has 66 valence electrons. The SMILES string of the molecule is CCOC(=O)N(C)CCCBr. The highest BCUT2D eigenvalue weighted by Gasteiger charge is 2.06. The summed E-state index contributed by atoms with van der Waals surface area (Å²) in [6.07, 6.45) is 0.712. The minimum absolute atomic E-state index is 0.242. The van der Waals surface area contributed by atoms with Crippen LogP contribution >= 0.6 is 15.9 Å². The molecule has 0 aliphatic carbocycles. The highest BCUT2D eigenvalue weighted by atomic mass is 79.9. The minimum Gasteiger partial charge on any atom is -0.450 e. The van der Waals surface area contributed by atoms with Crippen LogP contribution in [0.1, 0.15) is 13.3 Å². The standard InChI is InChI=1S/C7H14BrNO2/c1-3-11-7(10)9(2)6-4-5-8/h3-6H2,1-2H3. The Labute approximate surface area is 75.8 Å². The maximum atomic E-state index is 10.9. The summed E-state index contributed by atoms with van der Waals surface area (Å²) < 4.78 is 4.77. The molecule has 0 saturated heterocycles. The van der Waals surface area contributed by atoms with E-state index in [1.165, 1.54) is 0 Å². The van der Waals surface area contributed by atoms with Crippen molar-refractivity contribution in [3.05, 3.63) is 0 Å². The van der Waals surface area contributed by atoms with Gasteiger partial charge in [0.15, 0.2) is 0 Å². The molecule has 3 nitrogen and oxygen atoms in total. The third-order valence-corrected chi connectivity index (χ3v) is 1.77. The summed E-state index contributed by atoms with van der Waals surface area (Å²) in [5, 5.41) is 0.913. The fourth-order valence-corrected chi connectivity index (χ4v) is 0.873. The van der Waals surface area contributed by atoms with Gasteiger partial charge in [-0.2, -0.15) is 0 Å². The van der Waals surface area contributed by atoms with Gasteiger partial charge in [-0.25, -0.2) is 4.79 Å². The van der Waals surface area contributed by atoms with Crippen molar-refractivity contribution in [3.8, 4) is 0 Å². The van der Waals surface area contributed by atoms with Crippen LogP contribution in [0, 0.1) is 0 Å². The van der Waals surface area contributed by atoms with E-state index in [1.807, 2.05) is 0 Å². The number of hydrogen-bond donors (Lipinski definition) is 0. The molecule has 11 heavy (non-hydrogen) atoms. The van der Waals surface area contributed by atoms with Gasteiger partial charge in [-0.05, 0) is 13.3 Å². The van der Waals surface area contributed by atoms with Gasteiger partial charge in [0.25, 0.3) is 0 Å². The molecule has 0 bridgehead atoms. The lowest BCUT2D eigenvalue weighted by Gasteiger charge is -2.14. The monoisotopic (exact) mass is 223 g/mol. The minimum atomic E-state index is -0.242. The second kappa shape index (κ2) is 6.46. The highest BCUT2D eigenvalue weighted by Crippen LogP contribution is 1.94. The number of nitrogens with zero attached hydrogens (tertiary/aromatic N) is 1. The first kappa shape index (κ1) is 10.8. The van der Waals surface area contributed by atoms with E-state index in [2.05, 4.69) is 15.9 Å². The lowest BCUT2D eigenvalue weighted by atomic mass is 10.4. The van der Waals surface area contributed by atoms with Gasteiger partial charge < -0.3 is 9.64 Å². The van der Waals surface area contributed by atoms with Crippen LogP contribution in [0.15, 0.2) is 0 Å². The Morgan fingerprint density at radius 3 is 2.73 bits per heavy atom. The molecule has 0 aliphatic rings. The average molecular weight is 224 g/mol. The van der Waals surface area contributed by atoms with E-state index in [0.717, 1.165) is 18.3 Å². The molecule has 0 aliphatic heterocycles. The van der Waals surface area contributed by atoms with Crippen LogP contribution in [0.4, 0.5) is 4.79 Å². The lowest BCUT2D eigenvalue weighted by Crippen LogP contribution is -2.28. The summed E-state index contributed by atoms with van der Waals surface area (Å²) in [7, 11) is 1.74. The Hall–Kier alpha value is -0.250. The second-order valence-corrected chi connectivity index (χ2v) is 2.96. The number of rotatable bonds is 4. The Morgan fingerprint density at radius 1 is 1.64 bits per heavy atom. The largest absolute Gasteiger partial charge is 0.450 e. The maximum absolute atomic E-state index is 10.9. The number of amides is 1. The maximum Gasteiger partial charge on any atom is 0.409 e. The van der Waals surface area contributed by atoms with Gasteiger partial charge >= 0.3 is 6.09 Å². The topological polar surface area (TPSA) is 29.5 Å². The fraction of sp³-hybridized carbons (Fsp3) is 0.857. The molecule has 0 saturated carbocycles. The number of carbonyl (C=O) groups is 1. The molecule has 0 heterocycles. The van der Waals surface area contributed by atoms with Gasteiger partial charge in [0, 0.05) is 18.9 Å². The summed E-state index contributed by atoms with van der Waals surface area (Å²) in [6.45, 7) is 2.98. The highest BCUT2D eigenvalue weighted by molar-refractivity contribution is 9.09. The zero-order valence-electron chi connectivity index (χ0n) is 6.97. The van der Waals surface area contributed by atoms with Crippen molar-refractivity contribution < 1.29 is 9.53 Å². The molecule has 0 spiro atoms. The van der Waals surface area contributed by atoms with Crippen LogP contribution in [0.25, 0.3) is 0 Å². The number of halogens is 1. The molecule has 0 aromatic heterocycles. The molecule has 4 heteroatoms. The van der Waals surface area contributed by atoms with Gasteiger partial charge in [-0.1, -0.05) is 15.9 Å². The van der Waals surface area contributed by atoms with Crippen molar-refractivity contribution in [2.75, 3.05) is 25.5 Å². The summed E-state index contributed by atoms with van der Waals surface area (Å²) >= 11 is 3.29. The molecule has 0 rings (SSSR count). The molecule has 0 radical (unpaired) electrons. The molecule has 0 unspecified atom stereocenters. The third-order valence-electron chi connectivity index (χ3n) is 1.21. The predicted octanol–water partition coefficient (Wildman–Crippen LogP) is 1.86. The summed E-state index contributed by atoms with van der Waals surface area (Å²) in [5.74, 6) is 0. The van der Waals surface area contributed by atoms with E-state index in [9.17, 15) is 4.79 Å². The second-order valence-electron chi connectivity index (χ2n) is 2.16. The van der Waals surface area contributed by atoms with E-state index < -0.39 is 0 Å². The summed E-state index contributed by atoms with van der Waals surface area (Å²) in [4.78, 5) is 12.5. The van der Waals surface area contributed by atoms with Crippen LogP contribution in [-0.2, 0) is 4.74 Å². The van der Waals surface area contributed by atoms with Crippen molar-refractivity contribution in [2.45, 2.75) is 13.3 Å². The van der Waals surface area contributed by atoms with Crippen molar-refractivity contribution in [2.24, 2.45) is 0 Å². The van der Waals surface area contributed by atoms with Gasteiger partial charge in [-0.15, -0.1) is 0 Å². The summed E-state index contributed by atoms with van der Waals surface area (Å²) in [6, 6.07) is 0. The molecule has 0 aromatic rings. The smallest absolute Gasteiger partial charge is 0.409 e. The quantitative estimate of drug-likeness (QED) is 0.682. The van der Waals surface area contributed by atoms with E-state index in [4.69, 9.17) is 4.74 Å². The van der Waals surface area contributed by atoms with Crippen LogP contribution in [-0.4, -0.2) is 36.5 Å². The van der Waals surface area contributed by atoms with Gasteiger partial charge in [0.05, 0.1) is 6.61 Å². The van der Waals surface area contributed by atoms with E-state index >= 15 is 0 Å². The van der Waals surface area contributed by atoms with Crippen molar-refractivity contribution >= 4 is 22.0 Å². The van der Waals surface area contributed by atoms with Crippen LogP contribution in [0.5, 0.6) is 0 Å².